The minimum Gasteiger partial charge on any atom is -0.481 e. The van der Waals surface area contributed by atoms with Crippen LogP contribution in [0.25, 0.3) is 0 Å². The van der Waals surface area contributed by atoms with Crippen molar-refractivity contribution in [3.8, 4) is 11.8 Å². The van der Waals surface area contributed by atoms with Gasteiger partial charge >= 0.3 is 5.97 Å². The maximum Gasteiger partial charge on any atom is 0.303 e. The Kier molecular flexibility index (Phi) is 13.8. The van der Waals surface area contributed by atoms with Crippen LogP contribution in [0.4, 0.5) is 0 Å². The number of rotatable bonds is 12. The molecule has 21 heavy (non-hydrogen) atoms. The summed E-state index contributed by atoms with van der Waals surface area (Å²) in [7, 11) is 0. The van der Waals surface area contributed by atoms with Crippen LogP contribution in [-0.4, -0.2) is 22.3 Å². The van der Waals surface area contributed by atoms with E-state index in [1.165, 1.54) is 0 Å². The average Bonchev–Trinajstić information content (AvgIpc) is 2.45. The zero-order valence-electron chi connectivity index (χ0n) is 12.9. The lowest BCUT2D eigenvalue weighted by molar-refractivity contribution is -0.137. The molecule has 0 aromatic heterocycles. The summed E-state index contributed by atoms with van der Waals surface area (Å²) in [6, 6.07) is 0. The highest BCUT2D eigenvalue weighted by Crippen LogP contribution is 2.07. The number of aliphatic hydroxyl groups excluding tert-OH is 1. The number of hydrogen-bond donors (Lipinski definition) is 2. The van der Waals surface area contributed by atoms with E-state index in [4.69, 9.17) is 5.11 Å². The number of allylic oxidation sites excluding steroid dienone is 3. The third-order valence-electron chi connectivity index (χ3n) is 3.10. The molecule has 0 amide bonds. The zero-order valence-corrected chi connectivity index (χ0v) is 12.9. The molecule has 0 aromatic rings. The molecule has 118 valence electrons. The number of carbonyl (C=O) groups is 1. The van der Waals surface area contributed by atoms with E-state index in [0.717, 1.165) is 44.9 Å². The summed E-state index contributed by atoms with van der Waals surface area (Å²) in [5, 5.41) is 18.1. The van der Waals surface area contributed by atoms with E-state index in [2.05, 4.69) is 18.4 Å². The summed E-state index contributed by atoms with van der Waals surface area (Å²) in [4.78, 5) is 10.3. The molecular weight excluding hydrogens is 264 g/mol. The predicted octanol–water partition coefficient (Wildman–Crippen LogP) is 4.08. The molecule has 0 aliphatic rings. The van der Waals surface area contributed by atoms with E-state index in [1.54, 1.807) is 0 Å². The SMILES string of the molecule is C=CCCCCC=CC#CC(O)CCCCCCC(=O)O. The quantitative estimate of drug-likeness (QED) is 0.324. The van der Waals surface area contributed by atoms with Crippen molar-refractivity contribution < 1.29 is 15.0 Å². The second-order valence-corrected chi connectivity index (χ2v) is 5.13. The van der Waals surface area contributed by atoms with Crippen LogP contribution in [0.1, 0.15) is 64.2 Å². The Hall–Kier alpha value is -1.53. The van der Waals surface area contributed by atoms with Gasteiger partial charge in [0, 0.05) is 6.42 Å². The first-order valence-corrected chi connectivity index (χ1v) is 7.83. The van der Waals surface area contributed by atoms with Crippen LogP contribution in [0.3, 0.4) is 0 Å². The van der Waals surface area contributed by atoms with Gasteiger partial charge in [0.15, 0.2) is 0 Å². The summed E-state index contributed by atoms with van der Waals surface area (Å²) < 4.78 is 0. The first-order chi connectivity index (χ1) is 10.2. The van der Waals surface area contributed by atoms with Crippen LogP contribution in [0.2, 0.25) is 0 Å². The fourth-order valence-corrected chi connectivity index (χ4v) is 1.88. The van der Waals surface area contributed by atoms with E-state index < -0.39 is 12.1 Å². The number of carboxylic acids is 1. The molecule has 2 N–H and O–H groups in total. The van der Waals surface area contributed by atoms with Crippen molar-refractivity contribution in [1.29, 1.82) is 0 Å². The van der Waals surface area contributed by atoms with Gasteiger partial charge in [0.1, 0.15) is 6.10 Å². The molecule has 0 heterocycles. The summed E-state index contributed by atoms with van der Waals surface area (Å²) >= 11 is 0. The number of aliphatic carboxylic acids is 1. The average molecular weight is 292 g/mol. The van der Waals surface area contributed by atoms with Crippen molar-refractivity contribution in [3.63, 3.8) is 0 Å². The highest BCUT2D eigenvalue weighted by Gasteiger charge is 2.00. The van der Waals surface area contributed by atoms with Crippen LogP contribution in [0.5, 0.6) is 0 Å². The van der Waals surface area contributed by atoms with Gasteiger partial charge in [-0.25, -0.2) is 0 Å². The lowest BCUT2D eigenvalue weighted by Gasteiger charge is -2.02. The monoisotopic (exact) mass is 292 g/mol. The molecule has 1 unspecified atom stereocenters. The number of unbranched alkanes of at least 4 members (excludes halogenated alkanes) is 6. The van der Waals surface area contributed by atoms with Crippen LogP contribution in [-0.2, 0) is 4.79 Å². The molecular formula is C18H28O3. The number of hydrogen-bond acceptors (Lipinski definition) is 2. The van der Waals surface area contributed by atoms with Crippen molar-refractivity contribution in [2.45, 2.75) is 70.3 Å². The van der Waals surface area contributed by atoms with E-state index >= 15 is 0 Å². The van der Waals surface area contributed by atoms with Crippen molar-refractivity contribution in [2.24, 2.45) is 0 Å². The third kappa shape index (κ3) is 16.4. The first kappa shape index (κ1) is 19.5. The van der Waals surface area contributed by atoms with Crippen molar-refractivity contribution in [2.75, 3.05) is 0 Å². The topological polar surface area (TPSA) is 57.5 Å². The Labute approximate surface area is 128 Å². The van der Waals surface area contributed by atoms with Crippen molar-refractivity contribution in [1.82, 2.24) is 0 Å². The van der Waals surface area contributed by atoms with Crippen LogP contribution < -0.4 is 0 Å². The Morgan fingerprint density at radius 1 is 1.10 bits per heavy atom. The molecule has 0 saturated heterocycles. The van der Waals surface area contributed by atoms with Gasteiger partial charge in [-0.3, -0.25) is 4.79 Å². The summed E-state index contributed by atoms with van der Waals surface area (Å²) in [5.41, 5.74) is 0. The van der Waals surface area contributed by atoms with E-state index in [9.17, 15) is 9.90 Å². The molecule has 0 rings (SSSR count). The molecule has 1 atom stereocenters. The van der Waals surface area contributed by atoms with Gasteiger partial charge in [-0.2, -0.15) is 0 Å². The van der Waals surface area contributed by atoms with Gasteiger partial charge in [-0.1, -0.05) is 36.8 Å². The maximum atomic E-state index is 10.3. The van der Waals surface area contributed by atoms with Crippen LogP contribution in [0.15, 0.2) is 24.8 Å². The normalized spacial score (nSPS) is 11.9. The molecule has 0 bridgehead atoms. The largest absolute Gasteiger partial charge is 0.481 e. The Morgan fingerprint density at radius 3 is 2.52 bits per heavy atom. The molecule has 0 spiro atoms. The standard InChI is InChI=1S/C18H28O3/c1-2-3-4-5-6-7-8-11-14-17(19)15-12-9-10-13-16-18(20)21/h2,7-8,17,19H,1,3-6,9-10,12-13,15-16H2,(H,20,21). The fraction of sp³-hybridized carbons (Fsp3) is 0.611. The smallest absolute Gasteiger partial charge is 0.303 e. The Bertz CT molecular complexity index is 360. The molecule has 0 saturated carbocycles. The molecule has 0 aliphatic heterocycles. The highest BCUT2D eigenvalue weighted by atomic mass is 16.4. The number of carboxylic acid groups (broad SMARTS) is 1. The lowest BCUT2D eigenvalue weighted by atomic mass is 10.1. The second kappa shape index (κ2) is 14.9. The maximum absolute atomic E-state index is 10.3. The highest BCUT2D eigenvalue weighted by molar-refractivity contribution is 5.66. The summed E-state index contributed by atoms with van der Waals surface area (Å²) in [5.74, 6) is 4.93. The van der Waals surface area contributed by atoms with Crippen LogP contribution in [0, 0.1) is 11.8 Å². The van der Waals surface area contributed by atoms with E-state index in [-0.39, 0.29) is 6.42 Å². The fourth-order valence-electron chi connectivity index (χ4n) is 1.88. The molecule has 0 aromatic carbocycles. The summed E-state index contributed by atoms with van der Waals surface area (Å²) in [6.45, 7) is 3.68. The van der Waals surface area contributed by atoms with Gasteiger partial charge < -0.3 is 10.2 Å². The third-order valence-corrected chi connectivity index (χ3v) is 3.10. The summed E-state index contributed by atoms with van der Waals surface area (Å²) in [6.07, 6.45) is 13.9. The second-order valence-electron chi connectivity index (χ2n) is 5.13. The molecule has 0 fully saturated rings. The van der Waals surface area contributed by atoms with Gasteiger partial charge in [-0.15, -0.1) is 6.58 Å². The van der Waals surface area contributed by atoms with Crippen molar-refractivity contribution in [3.05, 3.63) is 24.8 Å². The Morgan fingerprint density at radius 2 is 1.81 bits per heavy atom. The number of aliphatic hydroxyl groups is 1. The van der Waals surface area contributed by atoms with Gasteiger partial charge in [-0.05, 0) is 51.0 Å². The predicted molar refractivity (Wildman–Crippen MR) is 86.9 cm³/mol. The van der Waals surface area contributed by atoms with Gasteiger partial charge in [0.25, 0.3) is 0 Å². The van der Waals surface area contributed by atoms with E-state index in [1.807, 2.05) is 18.2 Å². The minimum atomic E-state index is -0.739. The molecule has 3 heteroatoms. The lowest BCUT2D eigenvalue weighted by Crippen LogP contribution is -2.02. The first-order valence-electron chi connectivity index (χ1n) is 7.83. The zero-order chi connectivity index (χ0) is 15.8. The van der Waals surface area contributed by atoms with Gasteiger partial charge in [0.2, 0.25) is 0 Å². The Balaban J connectivity index is 3.50. The van der Waals surface area contributed by atoms with Crippen molar-refractivity contribution >= 4 is 5.97 Å². The van der Waals surface area contributed by atoms with Gasteiger partial charge in [0.05, 0.1) is 0 Å². The van der Waals surface area contributed by atoms with E-state index in [0.29, 0.717) is 12.8 Å². The van der Waals surface area contributed by atoms with Crippen LogP contribution >= 0.6 is 0 Å². The minimum absolute atomic E-state index is 0.236. The molecule has 0 radical (unpaired) electrons. The molecule has 0 aliphatic carbocycles. The molecule has 3 nitrogen and oxygen atoms in total.